The molecule has 1 aromatic carbocycles. The van der Waals surface area contributed by atoms with E-state index in [1.165, 1.54) is 6.26 Å². The minimum absolute atomic E-state index is 0.0880. The molecule has 1 aliphatic rings. The SMILES string of the molecule is Cc1coc(CC(=O)O)c1C(=O)NC1CC(=O)N(C)C1c1ccc(Cl)cc1. The maximum absolute atomic E-state index is 12.8. The molecule has 0 bridgehead atoms. The van der Waals surface area contributed by atoms with Crippen molar-refractivity contribution in [2.24, 2.45) is 0 Å². The number of likely N-dealkylation sites (tertiary alicyclic amines) is 1. The van der Waals surface area contributed by atoms with Crippen LogP contribution in [0.4, 0.5) is 0 Å². The second-order valence-corrected chi connectivity index (χ2v) is 7.01. The van der Waals surface area contributed by atoms with E-state index in [2.05, 4.69) is 5.32 Å². The molecule has 0 aliphatic carbocycles. The van der Waals surface area contributed by atoms with E-state index in [-0.39, 0.29) is 36.1 Å². The number of carboxylic acid groups (broad SMARTS) is 1. The van der Waals surface area contributed by atoms with Crippen molar-refractivity contribution in [3.05, 3.63) is 58.0 Å². The van der Waals surface area contributed by atoms with Gasteiger partial charge in [0, 0.05) is 24.1 Å². The Morgan fingerprint density at radius 2 is 2.00 bits per heavy atom. The van der Waals surface area contributed by atoms with Crippen LogP contribution in [0, 0.1) is 6.92 Å². The van der Waals surface area contributed by atoms with Crippen molar-refractivity contribution in [2.45, 2.75) is 31.8 Å². The van der Waals surface area contributed by atoms with Crippen LogP contribution >= 0.6 is 11.6 Å². The second kappa shape index (κ2) is 7.44. The summed E-state index contributed by atoms with van der Waals surface area (Å²) in [6.45, 7) is 1.67. The van der Waals surface area contributed by atoms with Gasteiger partial charge in [0.05, 0.1) is 23.9 Å². The van der Waals surface area contributed by atoms with Gasteiger partial charge in [0.15, 0.2) is 0 Å². The zero-order chi connectivity index (χ0) is 19.7. The lowest BCUT2D eigenvalue weighted by molar-refractivity contribution is -0.136. The molecule has 0 radical (unpaired) electrons. The largest absolute Gasteiger partial charge is 0.481 e. The highest BCUT2D eigenvalue weighted by Crippen LogP contribution is 2.33. The van der Waals surface area contributed by atoms with Crippen molar-refractivity contribution in [3.63, 3.8) is 0 Å². The highest BCUT2D eigenvalue weighted by molar-refractivity contribution is 6.30. The van der Waals surface area contributed by atoms with Gasteiger partial charge < -0.3 is 19.7 Å². The van der Waals surface area contributed by atoms with Crippen molar-refractivity contribution in [1.29, 1.82) is 0 Å². The Balaban J connectivity index is 1.86. The number of aryl methyl sites for hydroxylation is 1. The number of rotatable bonds is 5. The van der Waals surface area contributed by atoms with Gasteiger partial charge in [-0.1, -0.05) is 23.7 Å². The molecule has 3 rings (SSSR count). The van der Waals surface area contributed by atoms with E-state index in [4.69, 9.17) is 21.1 Å². The highest BCUT2D eigenvalue weighted by atomic mass is 35.5. The van der Waals surface area contributed by atoms with Gasteiger partial charge in [-0.25, -0.2) is 0 Å². The molecular formula is C19H19ClN2O5. The van der Waals surface area contributed by atoms with E-state index in [0.29, 0.717) is 10.6 Å². The maximum atomic E-state index is 12.8. The minimum Gasteiger partial charge on any atom is -0.481 e. The molecule has 2 heterocycles. The first-order chi connectivity index (χ1) is 12.8. The molecule has 1 fully saturated rings. The predicted molar refractivity (Wildman–Crippen MR) is 97.6 cm³/mol. The van der Waals surface area contributed by atoms with Gasteiger partial charge in [0.2, 0.25) is 5.91 Å². The summed E-state index contributed by atoms with van der Waals surface area (Å²) in [6, 6.07) is 6.31. The van der Waals surface area contributed by atoms with Crippen LogP contribution in [0.3, 0.4) is 0 Å². The summed E-state index contributed by atoms with van der Waals surface area (Å²) in [5.41, 5.74) is 1.60. The van der Waals surface area contributed by atoms with Crippen LogP contribution in [0.2, 0.25) is 5.02 Å². The number of carboxylic acids is 1. The molecule has 2 unspecified atom stereocenters. The lowest BCUT2D eigenvalue weighted by Gasteiger charge is -2.26. The molecule has 8 heteroatoms. The summed E-state index contributed by atoms with van der Waals surface area (Å²) in [7, 11) is 1.69. The smallest absolute Gasteiger partial charge is 0.311 e. The van der Waals surface area contributed by atoms with E-state index < -0.39 is 17.9 Å². The number of hydrogen-bond donors (Lipinski definition) is 2. The molecule has 2 N–H and O–H groups in total. The molecule has 1 aromatic heterocycles. The number of hydrogen-bond acceptors (Lipinski definition) is 4. The summed E-state index contributed by atoms with van der Waals surface area (Å²) in [4.78, 5) is 37.6. The van der Waals surface area contributed by atoms with E-state index in [1.807, 2.05) is 12.1 Å². The van der Waals surface area contributed by atoms with Crippen LogP contribution < -0.4 is 5.32 Å². The Hall–Kier alpha value is -2.80. The highest BCUT2D eigenvalue weighted by Gasteiger charge is 2.40. The van der Waals surface area contributed by atoms with Crippen LogP contribution in [0.5, 0.6) is 0 Å². The topological polar surface area (TPSA) is 99.8 Å². The summed E-state index contributed by atoms with van der Waals surface area (Å²) in [5.74, 6) is -1.54. The van der Waals surface area contributed by atoms with Crippen molar-refractivity contribution < 1.29 is 23.9 Å². The third-order valence-electron chi connectivity index (χ3n) is 4.70. The van der Waals surface area contributed by atoms with Crippen molar-refractivity contribution in [3.8, 4) is 0 Å². The molecule has 1 aliphatic heterocycles. The monoisotopic (exact) mass is 390 g/mol. The number of aliphatic carboxylic acids is 1. The number of carbonyl (C=O) groups is 3. The van der Waals surface area contributed by atoms with Crippen LogP contribution in [0.15, 0.2) is 34.9 Å². The first-order valence-corrected chi connectivity index (χ1v) is 8.76. The Morgan fingerprint density at radius 1 is 1.33 bits per heavy atom. The summed E-state index contributed by atoms with van der Waals surface area (Å²) < 4.78 is 5.23. The van der Waals surface area contributed by atoms with Crippen molar-refractivity contribution in [2.75, 3.05) is 7.05 Å². The van der Waals surface area contributed by atoms with Crippen LogP contribution in [0.25, 0.3) is 0 Å². The van der Waals surface area contributed by atoms with Gasteiger partial charge in [-0.15, -0.1) is 0 Å². The Bertz CT molecular complexity index is 890. The molecule has 1 saturated heterocycles. The number of nitrogens with zero attached hydrogens (tertiary/aromatic N) is 1. The third-order valence-corrected chi connectivity index (χ3v) is 4.96. The average molecular weight is 391 g/mol. The van der Waals surface area contributed by atoms with Gasteiger partial charge in [0.1, 0.15) is 12.2 Å². The quantitative estimate of drug-likeness (QED) is 0.817. The van der Waals surface area contributed by atoms with Gasteiger partial charge >= 0.3 is 5.97 Å². The predicted octanol–water partition coefficient (Wildman–Crippen LogP) is 2.57. The van der Waals surface area contributed by atoms with Crippen LogP contribution in [-0.4, -0.2) is 40.9 Å². The minimum atomic E-state index is -1.09. The fourth-order valence-electron chi connectivity index (χ4n) is 3.43. The maximum Gasteiger partial charge on any atom is 0.311 e. The number of benzene rings is 1. The Morgan fingerprint density at radius 3 is 2.63 bits per heavy atom. The number of amides is 2. The summed E-state index contributed by atoms with van der Waals surface area (Å²) in [6.07, 6.45) is 1.12. The summed E-state index contributed by atoms with van der Waals surface area (Å²) >= 11 is 5.94. The number of halogens is 1. The third kappa shape index (κ3) is 3.83. The van der Waals surface area contributed by atoms with Gasteiger partial charge in [-0.3, -0.25) is 14.4 Å². The number of carbonyl (C=O) groups excluding carboxylic acids is 2. The molecule has 7 nitrogen and oxygen atoms in total. The second-order valence-electron chi connectivity index (χ2n) is 6.57. The van der Waals surface area contributed by atoms with Crippen molar-refractivity contribution >= 4 is 29.4 Å². The Labute approximate surface area is 160 Å². The average Bonchev–Trinajstić information content (AvgIpc) is 3.08. The standard InChI is InChI=1S/C19H19ClN2O5/c1-10-9-27-14(8-16(24)25)17(10)19(26)21-13-7-15(23)22(2)18(13)11-3-5-12(20)6-4-11/h3-6,9,13,18H,7-8H2,1-2H3,(H,21,26)(H,24,25). The van der Waals surface area contributed by atoms with E-state index in [1.54, 1.807) is 31.0 Å². The van der Waals surface area contributed by atoms with Gasteiger partial charge in [0.25, 0.3) is 5.91 Å². The van der Waals surface area contributed by atoms with E-state index in [0.717, 1.165) is 5.56 Å². The van der Waals surface area contributed by atoms with E-state index >= 15 is 0 Å². The van der Waals surface area contributed by atoms with Crippen molar-refractivity contribution in [1.82, 2.24) is 10.2 Å². The lowest BCUT2D eigenvalue weighted by Crippen LogP contribution is -2.39. The van der Waals surface area contributed by atoms with E-state index in [9.17, 15) is 14.4 Å². The normalized spacial score (nSPS) is 19.4. The molecule has 2 atom stereocenters. The Kier molecular flexibility index (Phi) is 5.23. The van der Waals surface area contributed by atoms with Crippen LogP contribution in [0.1, 0.15) is 39.7 Å². The van der Waals surface area contributed by atoms with Gasteiger partial charge in [-0.2, -0.15) is 0 Å². The fraction of sp³-hybridized carbons (Fsp3) is 0.316. The summed E-state index contributed by atoms with van der Waals surface area (Å²) in [5, 5.41) is 12.4. The molecule has 27 heavy (non-hydrogen) atoms. The molecule has 0 saturated carbocycles. The number of likely N-dealkylation sites (N-methyl/N-ethyl adjacent to an activating group) is 1. The zero-order valence-electron chi connectivity index (χ0n) is 14.9. The molecule has 0 spiro atoms. The lowest BCUT2D eigenvalue weighted by atomic mass is 9.99. The molecular weight excluding hydrogens is 372 g/mol. The molecule has 2 aromatic rings. The van der Waals surface area contributed by atoms with Crippen LogP contribution in [-0.2, 0) is 16.0 Å². The van der Waals surface area contributed by atoms with Gasteiger partial charge in [-0.05, 0) is 24.6 Å². The molecule has 142 valence electrons. The first-order valence-electron chi connectivity index (χ1n) is 8.38. The molecule has 2 amide bonds. The first kappa shape index (κ1) is 19.0. The zero-order valence-corrected chi connectivity index (χ0v) is 15.6. The fourth-order valence-corrected chi connectivity index (χ4v) is 3.55. The number of furan rings is 1. The number of nitrogens with one attached hydrogen (secondary N) is 1.